The summed E-state index contributed by atoms with van der Waals surface area (Å²) in [6.07, 6.45) is 0. The van der Waals surface area contributed by atoms with Crippen LogP contribution >= 0.6 is 0 Å². The van der Waals surface area contributed by atoms with E-state index in [1.54, 1.807) is 11.6 Å². The van der Waals surface area contributed by atoms with E-state index < -0.39 is 0 Å². The second-order valence-corrected chi connectivity index (χ2v) is 7.20. The SMILES string of the molecule is COc1c(-c2cc3nnc(-c4nc5ccccc5[nH]4)c(N)n3n2)ccc2ccccc12. The number of nitrogen functional groups attached to an aromatic ring is 1. The number of rotatable bonds is 3. The molecule has 6 rings (SSSR count). The molecule has 3 N–H and O–H groups in total. The first-order valence-electron chi connectivity index (χ1n) is 9.76. The lowest BCUT2D eigenvalue weighted by Crippen LogP contribution is -2.06. The van der Waals surface area contributed by atoms with Crippen LogP contribution in [0.25, 0.3) is 50.2 Å². The van der Waals surface area contributed by atoms with Crippen molar-refractivity contribution in [3.05, 3.63) is 66.7 Å². The Morgan fingerprint density at radius 2 is 1.81 bits per heavy atom. The van der Waals surface area contributed by atoms with Crippen molar-refractivity contribution in [2.75, 3.05) is 12.8 Å². The molecule has 0 saturated carbocycles. The van der Waals surface area contributed by atoms with Crippen LogP contribution in [-0.2, 0) is 0 Å². The summed E-state index contributed by atoms with van der Waals surface area (Å²) in [5, 5.41) is 15.4. The van der Waals surface area contributed by atoms with Gasteiger partial charge in [-0.25, -0.2) is 4.98 Å². The zero-order chi connectivity index (χ0) is 20.9. The maximum absolute atomic E-state index is 6.43. The maximum Gasteiger partial charge on any atom is 0.180 e. The van der Waals surface area contributed by atoms with Crippen LogP contribution in [0.15, 0.2) is 66.7 Å². The molecule has 8 heteroatoms. The van der Waals surface area contributed by atoms with E-state index >= 15 is 0 Å². The zero-order valence-corrected chi connectivity index (χ0v) is 16.6. The highest BCUT2D eigenvalue weighted by molar-refractivity contribution is 5.95. The first-order chi connectivity index (χ1) is 15.2. The van der Waals surface area contributed by atoms with Gasteiger partial charge in [0, 0.05) is 17.0 Å². The predicted octanol–water partition coefficient (Wildman–Crippen LogP) is 4.08. The lowest BCUT2D eigenvalue weighted by Gasteiger charge is -2.10. The molecule has 0 radical (unpaired) electrons. The number of para-hydroxylation sites is 2. The highest BCUT2D eigenvalue weighted by Gasteiger charge is 2.18. The normalized spacial score (nSPS) is 11.5. The monoisotopic (exact) mass is 407 g/mol. The van der Waals surface area contributed by atoms with Crippen molar-refractivity contribution in [3.63, 3.8) is 0 Å². The Balaban J connectivity index is 1.53. The fourth-order valence-corrected chi connectivity index (χ4v) is 3.90. The number of anilines is 1. The van der Waals surface area contributed by atoms with E-state index in [1.807, 2.05) is 66.7 Å². The summed E-state index contributed by atoms with van der Waals surface area (Å²) < 4.78 is 7.32. The second kappa shape index (κ2) is 6.53. The number of ether oxygens (including phenoxy) is 1. The molecule has 3 aromatic carbocycles. The largest absolute Gasteiger partial charge is 0.495 e. The number of hydrogen-bond donors (Lipinski definition) is 2. The van der Waals surface area contributed by atoms with Gasteiger partial charge in [-0.05, 0) is 23.6 Å². The lowest BCUT2D eigenvalue weighted by atomic mass is 10.0. The van der Waals surface area contributed by atoms with E-state index in [0.29, 0.717) is 28.7 Å². The van der Waals surface area contributed by atoms with E-state index in [1.165, 1.54) is 0 Å². The molecule has 0 saturated heterocycles. The number of benzene rings is 3. The summed E-state index contributed by atoms with van der Waals surface area (Å²) in [4.78, 5) is 7.82. The van der Waals surface area contributed by atoms with E-state index in [9.17, 15) is 0 Å². The predicted molar refractivity (Wildman–Crippen MR) is 120 cm³/mol. The van der Waals surface area contributed by atoms with Gasteiger partial charge in [-0.2, -0.15) is 9.61 Å². The van der Waals surface area contributed by atoms with Crippen molar-refractivity contribution in [3.8, 4) is 28.5 Å². The molecule has 0 fully saturated rings. The first-order valence-corrected chi connectivity index (χ1v) is 9.76. The number of aromatic amines is 1. The second-order valence-electron chi connectivity index (χ2n) is 7.20. The van der Waals surface area contributed by atoms with E-state index in [4.69, 9.17) is 15.6 Å². The molecule has 6 aromatic rings. The topological polar surface area (TPSA) is 107 Å². The van der Waals surface area contributed by atoms with Gasteiger partial charge in [-0.15, -0.1) is 10.2 Å². The molecule has 31 heavy (non-hydrogen) atoms. The van der Waals surface area contributed by atoms with Crippen molar-refractivity contribution >= 4 is 33.3 Å². The standard InChI is InChI=1S/C23H17N7O/c1-31-21-14-7-3-2-6-13(14)10-11-15(21)18-12-19-27-28-20(22(24)30(19)29-18)23-25-16-8-4-5-9-17(16)26-23/h2-12H,24H2,1H3,(H,25,26). The van der Waals surface area contributed by atoms with Gasteiger partial charge in [0.05, 0.1) is 23.8 Å². The molecule has 0 amide bonds. The molecule has 8 nitrogen and oxygen atoms in total. The average molecular weight is 407 g/mol. The number of imidazole rings is 1. The third-order valence-corrected chi connectivity index (χ3v) is 5.39. The highest BCUT2D eigenvalue weighted by Crippen LogP contribution is 2.36. The summed E-state index contributed by atoms with van der Waals surface area (Å²) in [5.74, 6) is 1.66. The highest BCUT2D eigenvalue weighted by atomic mass is 16.5. The fraction of sp³-hybridized carbons (Fsp3) is 0.0435. The number of nitrogens with two attached hydrogens (primary N) is 1. The van der Waals surface area contributed by atoms with Crippen LogP contribution in [0.2, 0.25) is 0 Å². The lowest BCUT2D eigenvalue weighted by molar-refractivity contribution is 0.421. The number of nitrogens with one attached hydrogen (secondary N) is 1. The Morgan fingerprint density at radius 3 is 2.68 bits per heavy atom. The van der Waals surface area contributed by atoms with Gasteiger partial charge in [0.1, 0.15) is 5.75 Å². The molecule has 0 aliphatic heterocycles. The van der Waals surface area contributed by atoms with Crippen molar-refractivity contribution < 1.29 is 4.74 Å². The van der Waals surface area contributed by atoms with Crippen molar-refractivity contribution in [2.24, 2.45) is 0 Å². The van der Waals surface area contributed by atoms with Crippen molar-refractivity contribution in [1.82, 2.24) is 29.8 Å². The van der Waals surface area contributed by atoms with Crippen LogP contribution in [0.4, 0.5) is 5.82 Å². The number of fused-ring (bicyclic) bond motifs is 3. The molecule has 0 aliphatic carbocycles. The van der Waals surface area contributed by atoms with Gasteiger partial charge < -0.3 is 15.5 Å². The summed E-state index contributed by atoms with van der Waals surface area (Å²) in [6.45, 7) is 0. The summed E-state index contributed by atoms with van der Waals surface area (Å²) >= 11 is 0. The van der Waals surface area contributed by atoms with Gasteiger partial charge in [0.15, 0.2) is 23.0 Å². The van der Waals surface area contributed by atoms with Gasteiger partial charge in [-0.1, -0.05) is 42.5 Å². The van der Waals surface area contributed by atoms with E-state index in [0.717, 1.165) is 33.1 Å². The molecule has 3 heterocycles. The van der Waals surface area contributed by atoms with Gasteiger partial charge in [0.25, 0.3) is 0 Å². The van der Waals surface area contributed by atoms with E-state index in [-0.39, 0.29) is 0 Å². The molecule has 150 valence electrons. The summed E-state index contributed by atoms with van der Waals surface area (Å²) in [7, 11) is 1.66. The third kappa shape index (κ3) is 2.62. The number of methoxy groups -OCH3 is 1. The number of H-pyrrole nitrogens is 1. The number of hydrogen-bond acceptors (Lipinski definition) is 6. The Morgan fingerprint density at radius 1 is 0.968 bits per heavy atom. The molecular weight excluding hydrogens is 390 g/mol. The summed E-state index contributed by atoms with van der Waals surface area (Å²) in [6, 6.07) is 21.7. The van der Waals surface area contributed by atoms with Crippen LogP contribution in [0, 0.1) is 0 Å². The molecule has 0 atom stereocenters. The average Bonchev–Trinajstić information content (AvgIpc) is 3.43. The molecule has 0 aliphatic rings. The Kier molecular flexibility index (Phi) is 3.66. The maximum atomic E-state index is 6.43. The first kappa shape index (κ1) is 17.4. The van der Waals surface area contributed by atoms with Crippen LogP contribution in [0.1, 0.15) is 0 Å². The summed E-state index contributed by atoms with van der Waals surface area (Å²) in [5.41, 5.74) is 10.7. The molecule has 0 spiro atoms. The molecule has 0 bridgehead atoms. The van der Waals surface area contributed by atoms with Gasteiger partial charge in [-0.3, -0.25) is 0 Å². The molecular formula is C23H17N7O. The minimum absolute atomic E-state index is 0.357. The Hall–Kier alpha value is -4.46. The third-order valence-electron chi connectivity index (χ3n) is 5.39. The van der Waals surface area contributed by atoms with Crippen LogP contribution in [-0.4, -0.2) is 36.9 Å². The number of aromatic nitrogens is 6. The Labute approximate surface area is 176 Å². The zero-order valence-electron chi connectivity index (χ0n) is 16.6. The fourth-order valence-electron chi connectivity index (χ4n) is 3.90. The van der Waals surface area contributed by atoms with Crippen molar-refractivity contribution in [2.45, 2.75) is 0 Å². The van der Waals surface area contributed by atoms with Gasteiger partial charge >= 0.3 is 0 Å². The smallest absolute Gasteiger partial charge is 0.180 e. The van der Waals surface area contributed by atoms with Crippen LogP contribution < -0.4 is 10.5 Å². The number of nitrogens with zero attached hydrogens (tertiary/aromatic N) is 5. The van der Waals surface area contributed by atoms with Crippen LogP contribution in [0.3, 0.4) is 0 Å². The molecule has 3 aromatic heterocycles. The van der Waals surface area contributed by atoms with Crippen molar-refractivity contribution in [1.29, 1.82) is 0 Å². The van der Waals surface area contributed by atoms with Gasteiger partial charge in [0.2, 0.25) is 0 Å². The minimum Gasteiger partial charge on any atom is -0.495 e. The van der Waals surface area contributed by atoms with E-state index in [2.05, 4.69) is 20.2 Å². The molecule has 0 unspecified atom stereocenters. The quantitative estimate of drug-likeness (QED) is 0.458. The Bertz CT molecular complexity index is 1570. The minimum atomic E-state index is 0.357. The van der Waals surface area contributed by atoms with Crippen LogP contribution in [0.5, 0.6) is 5.75 Å².